The number of ether oxygens (including phenoxy) is 2. The summed E-state index contributed by atoms with van der Waals surface area (Å²) in [5.41, 5.74) is 6.80. The molecule has 2 N–H and O–H groups in total. The molecule has 1 aromatic carbocycles. The third-order valence-electron chi connectivity index (χ3n) is 3.95. The molecule has 0 spiro atoms. The first kappa shape index (κ1) is 13.9. The van der Waals surface area contributed by atoms with E-state index < -0.39 is 5.54 Å². The third-order valence-corrected chi connectivity index (χ3v) is 3.95. The molecule has 0 amide bonds. The maximum atomic E-state index is 6.18. The number of hydrogen-bond donors (Lipinski definition) is 1. The van der Waals surface area contributed by atoms with E-state index in [4.69, 9.17) is 19.7 Å². The lowest BCUT2D eigenvalue weighted by Crippen LogP contribution is -2.43. The molecule has 0 saturated heterocycles. The Morgan fingerprint density at radius 3 is 2.62 bits per heavy atom. The minimum Gasteiger partial charge on any atom is -0.493 e. The zero-order valence-corrected chi connectivity index (χ0v) is 12.3. The smallest absolute Gasteiger partial charge is 0.246 e. The van der Waals surface area contributed by atoms with Crippen LogP contribution in [0.3, 0.4) is 0 Å². The van der Waals surface area contributed by atoms with Crippen molar-refractivity contribution in [3.05, 3.63) is 35.5 Å². The standard InChI is InChI=1S/C15H19N3O3/c1-19-11-5-4-10(8-12(11)20-2)9-13-17-14(21-18-13)15(16)6-3-7-15/h4-5,8H,3,6-7,9,16H2,1-2H3. The Hall–Kier alpha value is -2.08. The Labute approximate surface area is 123 Å². The largest absolute Gasteiger partial charge is 0.493 e. The van der Waals surface area contributed by atoms with Crippen molar-refractivity contribution in [3.63, 3.8) is 0 Å². The highest BCUT2D eigenvalue weighted by Crippen LogP contribution is 2.37. The number of methoxy groups -OCH3 is 2. The number of aromatic nitrogens is 2. The Balaban J connectivity index is 1.77. The van der Waals surface area contributed by atoms with Gasteiger partial charge < -0.3 is 19.7 Å². The monoisotopic (exact) mass is 289 g/mol. The molecule has 1 aliphatic rings. The molecule has 0 unspecified atom stereocenters. The summed E-state index contributed by atoms with van der Waals surface area (Å²) in [6.45, 7) is 0. The third kappa shape index (κ3) is 2.58. The average molecular weight is 289 g/mol. The summed E-state index contributed by atoms with van der Waals surface area (Å²) in [5.74, 6) is 2.57. The molecule has 0 aliphatic heterocycles. The second-order valence-corrected chi connectivity index (χ2v) is 5.39. The van der Waals surface area contributed by atoms with Crippen molar-refractivity contribution in [2.24, 2.45) is 5.73 Å². The molecule has 0 bridgehead atoms. The quantitative estimate of drug-likeness (QED) is 0.906. The Bertz CT molecular complexity index is 635. The number of benzene rings is 1. The van der Waals surface area contributed by atoms with Crippen LogP contribution in [0.5, 0.6) is 11.5 Å². The normalized spacial score (nSPS) is 16.3. The average Bonchev–Trinajstić information content (AvgIpc) is 2.93. The van der Waals surface area contributed by atoms with Crippen LogP contribution in [0.2, 0.25) is 0 Å². The van der Waals surface area contributed by atoms with Crippen molar-refractivity contribution >= 4 is 0 Å². The van der Waals surface area contributed by atoms with Crippen LogP contribution in [0.4, 0.5) is 0 Å². The first-order valence-electron chi connectivity index (χ1n) is 6.97. The predicted octanol–water partition coefficient (Wildman–Crippen LogP) is 2.02. The maximum absolute atomic E-state index is 6.18. The molecule has 112 valence electrons. The van der Waals surface area contributed by atoms with Crippen molar-refractivity contribution < 1.29 is 14.0 Å². The van der Waals surface area contributed by atoms with Crippen molar-refractivity contribution in [3.8, 4) is 11.5 Å². The van der Waals surface area contributed by atoms with Crippen LogP contribution in [0, 0.1) is 0 Å². The summed E-state index contributed by atoms with van der Waals surface area (Å²) in [7, 11) is 3.23. The van der Waals surface area contributed by atoms with E-state index in [1.807, 2.05) is 18.2 Å². The SMILES string of the molecule is COc1ccc(Cc2noc(C3(N)CCC3)n2)cc1OC. The molecule has 1 aliphatic carbocycles. The summed E-state index contributed by atoms with van der Waals surface area (Å²) >= 11 is 0. The molecule has 6 nitrogen and oxygen atoms in total. The summed E-state index contributed by atoms with van der Waals surface area (Å²) < 4.78 is 15.8. The highest BCUT2D eigenvalue weighted by molar-refractivity contribution is 5.43. The molecule has 1 heterocycles. The zero-order valence-electron chi connectivity index (χ0n) is 12.3. The molecule has 0 radical (unpaired) electrons. The van der Waals surface area contributed by atoms with Gasteiger partial charge in [-0.25, -0.2) is 0 Å². The molecular weight excluding hydrogens is 270 g/mol. The van der Waals surface area contributed by atoms with Gasteiger partial charge in [-0.1, -0.05) is 11.2 Å². The second kappa shape index (κ2) is 5.37. The summed E-state index contributed by atoms with van der Waals surface area (Å²) in [6.07, 6.45) is 3.50. The zero-order chi connectivity index (χ0) is 14.9. The summed E-state index contributed by atoms with van der Waals surface area (Å²) in [4.78, 5) is 4.42. The van der Waals surface area contributed by atoms with Gasteiger partial charge in [-0.05, 0) is 37.0 Å². The van der Waals surface area contributed by atoms with Crippen molar-refractivity contribution in [2.75, 3.05) is 14.2 Å². The molecule has 3 rings (SSSR count). The van der Waals surface area contributed by atoms with E-state index in [9.17, 15) is 0 Å². The number of nitrogens with zero attached hydrogens (tertiary/aromatic N) is 2. The molecule has 21 heavy (non-hydrogen) atoms. The van der Waals surface area contributed by atoms with E-state index in [-0.39, 0.29) is 0 Å². The molecular formula is C15H19N3O3. The fourth-order valence-corrected chi connectivity index (χ4v) is 2.47. The van der Waals surface area contributed by atoms with Crippen LogP contribution in [-0.4, -0.2) is 24.4 Å². The lowest BCUT2D eigenvalue weighted by atomic mass is 9.78. The van der Waals surface area contributed by atoms with Gasteiger partial charge in [-0.2, -0.15) is 4.98 Å². The van der Waals surface area contributed by atoms with E-state index in [0.29, 0.717) is 29.6 Å². The van der Waals surface area contributed by atoms with Gasteiger partial charge in [-0.3, -0.25) is 0 Å². The number of hydrogen-bond acceptors (Lipinski definition) is 6. The van der Waals surface area contributed by atoms with Crippen LogP contribution < -0.4 is 15.2 Å². The van der Waals surface area contributed by atoms with Crippen LogP contribution in [-0.2, 0) is 12.0 Å². The first-order chi connectivity index (χ1) is 10.1. The van der Waals surface area contributed by atoms with E-state index in [2.05, 4.69) is 10.1 Å². The van der Waals surface area contributed by atoms with Gasteiger partial charge in [-0.15, -0.1) is 0 Å². The topological polar surface area (TPSA) is 83.4 Å². The van der Waals surface area contributed by atoms with Crippen molar-refractivity contribution in [1.82, 2.24) is 10.1 Å². The second-order valence-electron chi connectivity index (χ2n) is 5.39. The summed E-state index contributed by atoms with van der Waals surface area (Å²) in [6, 6.07) is 5.74. The summed E-state index contributed by atoms with van der Waals surface area (Å²) in [5, 5.41) is 4.02. The molecule has 6 heteroatoms. The van der Waals surface area contributed by atoms with Gasteiger partial charge in [0.2, 0.25) is 5.89 Å². The minimum absolute atomic E-state index is 0.414. The van der Waals surface area contributed by atoms with Crippen LogP contribution in [0.1, 0.15) is 36.5 Å². The minimum atomic E-state index is -0.414. The molecule has 1 aromatic heterocycles. The molecule has 2 aromatic rings. The number of rotatable bonds is 5. The fraction of sp³-hybridized carbons (Fsp3) is 0.467. The Morgan fingerprint density at radius 1 is 1.24 bits per heavy atom. The van der Waals surface area contributed by atoms with Crippen LogP contribution in [0.15, 0.2) is 22.7 Å². The van der Waals surface area contributed by atoms with E-state index in [0.717, 1.165) is 24.8 Å². The van der Waals surface area contributed by atoms with E-state index >= 15 is 0 Å². The van der Waals surface area contributed by atoms with E-state index in [1.165, 1.54) is 0 Å². The van der Waals surface area contributed by atoms with Gasteiger partial charge in [0.15, 0.2) is 17.3 Å². The lowest BCUT2D eigenvalue weighted by Gasteiger charge is -2.33. The highest BCUT2D eigenvalue weighted by atomic mass is 16.5. The number of nitrogens with two attached hydrogens (primary N) is 1. The van der Waals surface area contributed by atoms with Crippen molar-refractivity contribution in [2.45, 2.75) is 31.2 Å². The van der Waals surface area contributed by atoms with Crippen molar-refractivity contribution in [1.29, 1.82) is 0 Å². The molecule has 1 saturated carbocycles. The van der Waals surface area contributed by atoms with E-state index in [1.54, 1.807) is 14.2 Å². The van der Waals surface area contributed by atoms with Crippen LogP contribution >= 0.6 is 0 Å². The van der Waals surface area contributed by atoms with Crippen LogP contribution in [0.25, 0.3) is 0 Å². The van der Waals surface area contributed by atoms with Gasteiger partial charge in [0, 0.05) is 6.42 Å². The van der Waals surface area contributed by atoms with Gasteiger partial charge in [0.05, 0.1) is 19.8 Å². The molecule has 1 fully saturated rings. The highest BCUT2D eigenvalue weighted by Gasteiger charge is 2.39. The predicted molar refractivity (Wildman–Crippen MR) is 76.4 cm³/mol. The van der Waals surface area contributed by atoms with Gasteiger partial charge in [0.25, 0.3) is 0 Å². The molecule has 0 atom stereocenters. The first-order valence-corrected chi connectivity index (χ1v) is 6.97. The Morgan fingerprint density at radius 2 is 2.00 bits per heavy atom. The lowest BCUT2D eigenvalue weighted by molar-refractivity contribution is 0.181. The maximum Gasteiger partial charge on any atom is 0.246 e. The van der Waals surface area contributed by atoms with Gasteiger partial charge >= 0.3 is 0 Å². The fourth-order valence-electron chi connectivity index (χ4n) is 2.47. The Kier molecular flexibility index (Phi) is 3.55. The van der Waals surface area contributed by atoms with Gasteiger partial charge in [0.1, 0.15) is 0 Å².